The van der Waals surface area contributed by atoms with Gasteiger partial charge in [0.05, 0.1) is 5.44 Å². The molecule has 0 saturated carbocycles. The van der Waals surface area contributed by atoms with Gasteiger partial charge in [-0.05, 0) is 50.6 Å². The first kappa shape index (κ1) is 19.6. The van der Waals surface area contributed by atoms with Crippen LogP contribution in [0, 0.1) is 0 Å². The van der Waals surface area contributed by atoms with E-state index in [2.05, 4.69) is 54.6 Å². The Bertz CT molecular complexity index is 742. The highest BCUT2D eigenvalue weighted by Crippen LogP contribution is 2.46. The quantitative estimate of drug-likeness (QED) is 0.668. The van der Waals surface area contributed by atoms with E-state index >= 15 is 0 Å². The van der Waals surface area contributed by atoms with Gasteiger partial charge in [0.1, 0.15) is 5.60 Å². The minimum atomic E-state index is -0.813. The van der Waals surface area contributed by atoms with Crippen molar-refractivity contribution in [2.75, 3.05) is 6.54 Å². The Balaban J connectivity index is 2.04. The number of carbonyl (C=O) groups excluding carboxylic acids is 1. The third-order valence-electron chi connectivity index (χ3n) is 4.31. The van der Waals surface area contributed by atoms with E-state index in [1.54, 1.807) is 0 Å². The predicted molar refractivity (Wildman–Crippen MR) is 114 cm³/mol. The lowest BCUT2D eigenvalue weighted by molar-refractivity contribution is 0.0328. The molecule has 0 unspecified atom stereocenters. The first-order valence-electron chi connectivity index (χ1n) is 9.56. The van der Waals surface area contributed by atoms with Gasteiger partial charge in [-0.25, -0.2) is 4.79 Å². The molecular formula is C23H28NO2P. The molecule has 4 heteroatoms. The molecule has 0 aromatic heterocycles. The second-order valence-corrected chi connectivity index (χ2v) is 9.86. The molecule has 27 heavy (non-hydrogen) atoms. The van der Waals surface area contributed by atoms with Crippen molar-refractivity contribution in [1.82, 2.24) is 4.90 Å². The summed E-state index contributed by atoms with van der Waals surface area (Å²) in [6.45, 7) is 6.47. The lowest BCUT2D eigenvalue weighted by Crippen LogP contribution is -2.37. The second kappa shape index (κ2) is 8.71. The van der Waals surface area contributed by atoms with Gasteiger partial charge in [0, 0.05) is 14.5 Å². The Morgan fingerprint density at radius 1 is 0.926 bits per heavy atom. The number of amides is 1. The smallest absolute Gasteiger partial charge is 0.414 e. The summed E-state index contributed by atoms with van der Waals surface area (Å²) in [4.78, 5) is 14.9. The molecule has 0 atom stereocenters. The van der Waals surface area contributed by atoms with Crippen molar-refractivity contribution in [3.05, 3.63) is 72.2 Å². The molecule has 3 nitrogen and oxygen atoms in total. The van der Waals surface area contributed by atoms with Crippen LogP contribution in [0.25, 0.3) is 0 Å². The van der Waals surface area contributed by atoms with Crippen LogP contribution in [0.4, 0.5) is 4.79 Å². The van der Waals surface area contributed by atoms with E-state index in [0.717, 1.165) is 24.7 Å². The minimum Gasteiger partial charge on any atom is -0.443 e. The van der Waals surface area contributed by atoms with Gasteiger partial charge >= 0.3 is 6.09 Å². The fourth-order valence-corrected chi connectivity index (χ4v) is 5.65. The highest BCUT2D eigenvalue weighted by molar-refractivity contribution is 7.76. The summed E-state index contributed by atoms with van der Waals surface area (Å²) < 4.78 is 5.74. The van der Waals surface area contributed by atoms with E-state index in [9.17, 15) is 4.79 Å². The monoisotopic (exact) mass is 381 g/mol. The molecule has 3 rings (SSSR count). The molecule has 0 bridgehead atoms. The van der Waals surface area contributed by atoms with E-state index in [1.807, 2.05) is 37.8 Å². The van der Waals surface area contributed by atoms with Gasteiger partial charge in [0.15, 0.2) is 0 Å². The Labute approximate surface area is 163 Å². The zero-order valence-electron chi connectivity index (χ0n) is 16.4. The number of nitrogens with zero attached hydrogens (tertiary/aromatic N) is 1. The van der Waals surface area contributed by atoms with Crippen LogP contribution in [0.5, 0.6) is 0 Å². The first-order chi connectivity index (χ1) is 13.0. The average molecular weight is 381 g/mol. The van der Waals surface area contributed by atoms with Crippen LogP contribution in [-0.4, -0.2) is 23.1 Å². The lowest BCUT2D eigenvalue weighted by atomic mass is 10.2. The summed E-state index contributed by atoms with van der Waals surface area (Å²) >= 11 is 0. The molecule has 1 aliphatic heterocycles. The number of hydrogen-bond acceptors (Lipinski definition) is 2. The molecule has 0 aliphatic carbocycles. The Kier molecular flexibility index (Phi) is 6.34. The maximum atomic E-state index is 13.0. The van der Waals surface area contributed by atoms with Crippen LogP contribution in [0.2, 0.25) is 0 Å². The van der Waals surface area contributed by atoms with Crippen LogP contribution in [0.1, 0.15) is 40.0 Å². The van der Waals surface area contributed by atoms with E-state index in [-0.39, 0.29) is 6.09 Å². The van der Waals surface area contributed by atoms with Gasteiger partial charge in [-0.2, -0.15) is 0 Å². The summed E-state index contributed by atoms with van der Waals surface area (Å²) in [7, 11) is -0.813. The largest absolute Gasteiger partial charge is 0.443 e. The molecular weight excluding hydrogens is 353 g/mol. The molecule has 142 valence electrons. The van der Waals surface area contributed by atoms with Crippen molar-refractivity contribution in [3.8, 4) is 0 Å². The minimum absolute atomic E-state index is 0.241. The van der Waals surface area contributed by atoms with Gasteiger partial charge in [0.2, 0.25) is 0 Å². The van der Waals surface area contributed by atoms with Gasteiger partial charge in [0.25, 0.3) is 0 Å². The number of rotatable bonds is 3. The van der Waals surface area contributed by atoms with E-state index in [0.29, 0.717) is 6.54 Å². The van der Waals surface area contributed by atoms with Crippen LogP contribution in [0.15, 0.2) is 72.2 Å². The topological polar surface area (TPSA) is 29.5 Å². The standard InChI is InChI=1S/C23H28NO2P/c1-23(2,3)26-22(25)24-18-12-6-11-17-21(24)27(19-13-7-4-8-14-19)20-15-9-5-10-16-20/h4-5,7-10,13-17H,6,11-12,18H2,1-3H3. The molecule has 0 saturated heterocycles. The molecule has 1 heterocycles. The molecule has 0 fully saturated rings. The van der Waals surface area contributed by atoms with Crippen LogP contribution >= 0.6 is 7.92 Å². The lowest BCUT2D eigenvalue weighted by Gasteiger charge is -2.32. The Hall–Kier alpha value is -2.12. The number of hydrogen-bond donors (Lipinski definition) is 0. The van der Waals surface area contributed by atoms with Crippen molar-refractivity contribution in [2.24, 2.45) is 0 Å². The zero-order valence-corrected chi connectivity index (χ0v) is 17.3. The number of allylic oxidation sites excluding steroid dienone is 1. The maximum absolute atomic E-state index is 13.0. The number of ether oxygens (including phenoxy) is 1. The van der Waals surface area contributed by atoms with E-state index in [1.165, 1.54) is 10.6 Å². The SMILES string of the molecule is CC(C)(C)OC(=O)N1CCCCC=C1P(c1ccccc1)c1ccccc1. The molecule has 2 aromatic carbocycles. The normalized spacial score (nSPS) is 15.3. The number of carbonyl (C=O) groups is 1. The van der Waals surface area contributed by atoms with Gasteiger partial charge in [-0.15, -0.1) is 0 Å². The van der Waals surface area contributed by atoms with E-state index < -0.39 is 13.5 Å². The summed E-state index contributed by atoms with van der Waals surface area (Å²) in [5.74, 6) is 0. The third-order valence-corrected chi connectivity index (χ3v) is 6.82. The molecule has 0 N–H and O–H groups in total. The van der Waals surface area contributed by atoms with Crippen molar-refractivity contribution in [1.29, 1.82) is 0 Å². The van der Waals surface area contributed by atoms with Crippen molar-refractivity contribution in [3.63, 3.8) is 0 Å². The van der Waals surface area contributed by atoms with Crippen LogP contribution in [-0.2, 0) is 4.74 Å². The molecule has 0 radical (unpaired) electrons. The zero-order chi connectivity index (χ0) is 19.3. The summed E-state index contributed by atoms with van der Waals surface area (Å²) in [5, 5.41) is 2.50. The van der Waals surface area contributed by atoms with Gasteiger partial charge in [-0.3, -0.25) is 4.90 Å². The van der Waals surface area contributed by atoms with Gasteiger partial charge in [-0.1, -0.05) is 66.7 Å². The van der Waals surface area contributed by atoms with Gasteiger partial charge < -0.3 is 4.74 Å². The third kappa shape index (κ3) is 5.20. The van der Waals surface area contributed by atoms with Crippen LogP contribution in [0.3, 0.4) is 0 Å². The van der Waals surface area contributed by atoms with Crippen molar-refractivity contribution in [2.45, 2.75) is 45.6 Å². The van der Waals surface area contributed by atoms with Crippen LogP contribution < -0.4 is 10.6 Å². The second-order valence-electron chi connectivity index (χ2n) is 7.70. The van der Waals surface area contributed by atoms with Crippen molar-refractivity contribution < 1.29 is 9.53 Å². The molecule has 2 aromatic rings. The highest BCUT2D eigenvalue weighted by atomic mass is 31.1. The average Bonchev–Trinajstić information content (AvgIpc) is 2.89. The summed E-state index contributed by atoms with van der Waals surface area (Å²) in [6.07, 6.45) is 5.09. The predicted octanol–water partition coefficient (Wildman–Crippen LogP) is 5.38. The molecule has 1 aliphatic rings. The fraction of sp³-hybridized carbons (Fsp3) is 0.348. The summed E-state index contributed by atoms with van der Waals surface area (Å²) in [6, 6.07) is 21.0. The fourth-order valence-electron chi connectivity index (χ4n) is 3.15. The van der Waals surface area contributed by atoms with E-state index in [4.69, 9.17) is 4.74 Å². The highest BCUT2D eigenvalue weighted by Gasteiger charge is 2.31. The molecule has 0 spiro atoms. The Morgan fingerprint density at radius 3 is 2.00 bits per heavy atom. The number of benzene rings is 2. The Morgan fingerprint density at radius 2 is 1.48 bits per heavy atom. The summed E-state index contributed by atoms with van der Waals surface area (Å²) in [5.41, 5.74) is 0.589. The first-order valence-corrected chi connectivity index (χ1v) is 10.9. The molecule has 1 amide bonds. The maximum Gasteiger partial charge on any atom is 0.414 e. The van der Waals surface area contributed by atoms with Crippen molar-refractivity contribution >= 4 is 24.6 Å².